The van der Waals surface area contributed by atoms with Gasteiger partial charge >= 0.3 is 0 Å². The lowest BCUT2D eigenvalue weighted by Crippen LogP contribution is -2.39. The number of nitrogens with zero attached hydrogens (tertiary/aromatic N) is 5. The zero-order valence-electron chi connectivity index (χ0n) is 30.8. The quantitative estimate of drug-likeness (QED) is 0.0598. The molecule has 5 atom stereocenters. The molecule has 1 saturated carbocycles. The lowest BCUT2D eigenvalue weighted by molar-refractivity contribution is -0.123. The largest absolute Gasteiger partial charge is 0.384 e. The van der Waals surface area contributed by atoms with Crippen LogP contribution in [0.15, 0.2) is 42.5 Å². The van der Waals surface area contributed by atoms with Crippen LogP contribution in [0, 0.1) is 29.4 Å². The Morgan fingerprint density at radius 3 is 2.40 bits per heavy atom. The molecule has 7 rings (SSSR count). The number of rotatable bonds is 11. The third-order valence-electron chi connectivity index (χ3n) is 9.87. The number of amides is 1. The fraction of sp³-hybridized carbons (Fsp3) is 0.385. The molecule has 18 heteroatoms. The van der Waals surface area contributed by atoms with Gasteiger partial charge in [-0.25, -0.2) is 22.5 Å². The molecule has 2 aliphatic carbocycles. The molecule has 0 saturated heterocycles. The number of carbonyl (C=O) groups is 1. The van der Waals surface area contributed by atoms with Gasteiger partial charge in [-0.2, -0.15) is 19.0 Å². The van der Waals surface area contributed by atoms with Crippen molar-refractivity contribution < 1.29 is 46.5 Å². The number of aliphatic hydroxyl groups is 3. The lowest BCUT2D eigenvalue weighted by Gasteiger charge is -2.26. The molecular formula is C39H36ClF6N7O4. The van der Waals surface area contributed by atoms with Gasteiger partial charge < -0.3 is 20.6 Å². The molecule has 300 valence electrons. The smallest absolute Gasteiger partial charge is 0.293 e. The second-order valence-electron chi connectivity index (χ2n) is 14.8. The van der Waals surface area contributed by atoms with Gasteiger partial charge in [0.05, 0.1) is 34.2 Å². The number of aryl methyl sites for hydroxylation is 1. The van der Waals surface area contributed by atoms with Gasteiger partial charge in [0.1, 0.15) is 46.6 Å². The molecule has 3 aromatic heterocycles. The molecule has 0 aliphatic heterocycles. The van der Waals surface area contributed by atoms with Crippen molar-refractivity contribution in [3.63, 3.8) is 0 Å². The van der Waals surface area contributed by atoms with Crippen LogP contribution >= 0.6 is 11.6 Å². The van der Waals surface area contributed by atoms with E-state index in [1.807, 2.05) is 0 Å². The van der Waals surface area contributed by atoms with Crippen molar-refractivity contribution in [3.8, 4) is 23.0 Å². The van der Waals surface area contributed by atoms with Crippen LogP contribution in [0.2, 0.25) is 5.02 Å². The van der Waals surface area contributed by atoms with Gasteiger partial charge in [-0.1, -0.05) is 23.6 Å². The first-order valence-corrected chi connectivity index (χ1v) is 18.2. The first-order chi connectivity index (χ1) is 26.7. The number of alkyl halides is 4. The number of nitrogens with one attached hydrogen (secondary N) is 2. The zero-order valence-corrected chi connectivity index (χ0v) is 31.5. The van der Waals surface area contributed by atoms with Gasteiger partial charge in [-0.15, -0.1) is 0 Å². The van der Waals surface area contributed by atoms with Crippen molar-refractivity contribution in [1.82, 2.24) is 29.9 Å². The highest BCUT2D eigenvalue weighted by Crippen LogP contribution is 2.68. The Balaban J connectivity index is 1.38. The number of halogens is 7. The summed E-state index contributed by atoms with van der Waals surface area (Å²) in [4.78, 5) is 17.2. The first kappa shape index (κ1) is 40.2. The van der Waals surface area contributed by atoms with Crippen molar-refractivity contribution in [1.29, 1.82) is 0 Å². The first-order valence-electron chi connectivity index (χ1n) is 17.8. The van der Waals surface area contributed by atoms with Gasteiger partial charge in [0, 0.05) is 35.7 Å². The number of anilines is 1. The molecule has 2 aliphatic rings. The minimum atomic E-state index is -3.46. The van der Waals surface area contributed by atoms with Crippen molar-refractivity contribution in [2.45, 2.75) is 82.4 Å². The van der Waals surface area contributed by atoms with Crippen molar-refractivity contribution >= 4 is 34.2 Å². The molecule has 1 fully saturated rings. The van der Waals surface area contributed by atoms with E-state index >= 15 is 8.78 Å². The maximum absolute atomic E-state index is 15.4. The van der Waals surface area contributed by atoms with E-state index in [4.69, 9.17) is 16.6 Å². The van der Waals surface area contributed by atoms with Gasteiger partial charge in [-0.05, 0) is 81.3 Å². The number of aliphatic hydroxyl groups excluding tert-OH is 2. The average Bonchev–Trinajstić information content (AvgIpc) is 3.65. The van der Waals surface area contributed by atoms with E-state index in [-0.39, 0.29) is 51.6 Å². The maximum Gasteiger partial charge on any atom is 0.293 e. The molecule has 0 spiro atoms. The van der Waals surface area contributed by atoms with E-state index in [0.717, 1.165) is 12.1 Å². The average molecular weight is 816 g/mol. The fourth-order valence-corrected chi connectivity index (χ4v) is 7.64. The highest BCUT2D eigenvalue weighted by Gasteiger charge is 2.67. The summed E-state index contributed by atoms with van der Waals surface area (Å²) < 4.78 is 90.2. The molecule has 3 heterocycles. The summed E-state index contributed by atoms with van der Waals surface area (Å²) in [6.45, 7) is 3.46. The molecule has 1 amide bonds. The van der Waals surface area contributed by atoms with Gasteiger partial charge in [0.25, 0.3) is 18.3 Å². The van der Waals surface area contributed by atoms with E-state index in [0.29, 0.717) is 27.4 Å². The Bertz CT molecular complexity index is 2450. The number of hydrogen-bond acceptors (Lipinski definition) is 8. The van der Waals surface area contributed by atoms with E-state index < -0.39 is 83.6 Å². The predicted octanol–water partition coefficient (Wildman–Crippen LogP) is 6.24. The molecule has 0 bridgehead atoms. The number of hydrogen-bond donors (Lipinski definition) is 5. The van der Waals surface area contributed by atoms with E-state index in [1.54, 1.807) is 19.2 Å². The standard InChI is InChI=1S/C39H36ClF6N7O4/c1-17(54)37(56)49-36-30-26(40)8-7-23(33(30)52(4)51-36)22-6-5-21(9-10-38(2,3)57)47-31(22)27(13-18-11-19(41)14-20(42)12-18)48-28(55)16-53-34-29(32(50-53)35(43)44)24-15-25(24)39(34,45)46/h5-8,11-12,14,17,24-25,27-28,35,48,54-55,57H,13,15-16H2,1-4H3,(H,49,51,56)/t17-,24-,25+,27-,28?/m0/s1. The van der Waals surface area contributed by atoms with Crippen LogP contribution in [-0.4, -0.2) is 63.7 Å². The highest BCUT2D eigenvalue weighted by molar-refractivity contribution is 6.37. The SMILES string of the molecule is C[C@H](O)C(=O)Nc1nn(C)c2c(-c3ccc(C#CC(C)(C)O)nc3[C@H](Cc3cc(F)cc(F)c3)NC(O)Cn3nc(C(F)F)c4c3C(F)(F)[C@@H]3C[C@H]43)ccc(Cl)c12. The summed E-state index contributed by atoms with van der Waals surface area (Å²) in [5.41, 5.74) is -1.71. The number of carbonyl (C=O) groups excluding carboxylic acids is 1. The summed E-state index contributed by atoms with van der Waals surface area (Å²) in [5.74, 6) is -2.46. The molecular weight excluding hydrogens is 780 g/mol. The van der Waals surface area contributed by atoms with Crippen LogP contribution in [0.5, 0.6) is 0 Å². The molecule has 5 N–H and O–H groups in total. The lowest BCUT2D eigenvalue weighted by atomic mass is 9.93. The third kappa shape index (κ3) is 7.84. The van der Waals surface area contributed by atoms with Gasteiger partial charge in [-0.3, -0.25) is 19.5 Å². The van der Waals surface area contributed by atoms with Crippen LogP contribution in [0.4, 0.5) is 32.2 Å². The Morgan fingerprint density at radius 2 is 1.75 bits per heavy atom. The monoisotopic (exact) mass is 815 g/mol. The van der Waals surface area contributed by atoms with Gasteiger partial charge in [0.2, 0.25) is 0 Å². The molecule has 11 nitrogen and oxygen atoms in total. The second-order valence-corrected chi connectivity index (χ2v) is 15.2. The second kappa shape index (κ2) is 14.7. The van der Waals surface area contributed by atoms with Crippen LogP contribution < -0.4 is 10.6 Å². The predicted molar refractivity (Wildman–Crippen MR) is 196 cm³/mol. The molecule has 57 heavy (non-hydrogen) atoms. The normalized spacial score (nSPS) is 18.5. The third-order valence-corrected chi connectivity index (χ3v) is 10.2. The summed E-state index contributed by atoms with van der Waals surface area (Å²) in [7, 11) is 1.57. The van der Waals surface area contributed by atoms with E-state index in [2.05, 4.69) is 32.7 Å². The van der Waals surface area contributed by atoms with Crippen molar-refractivity contribution in [2.75, 3.05) is 5.32 Å². The Hall–Kier alpha value is -4.99. The van der Waals surface area contributed by atoms with Crippen LogP contribution in [0.3, 0.4) is 0 Å². The zero-order chi connectivity index (χ0) is 41.3. The summed E-state index contributed by atoms with van der Waals surface area (Å²) in [5, 5.41) is 45.8. The summed E-state index contributed by atoms with van der Waals surface area (Å²) >= 11 is 6.64. The van der Waals surface area contributed by atoms with Crippen molar-refractivity contribution in [2.24, 2.45) is 13.0 Å². The molecule has 0 radical (unpaired) electrons. The van der Waals surface area contributed by atoms with Crippen LogP contribution in [-0.2, 0) is 30.7 Å². The number of pyridine rings is 1. The van der Waals surface area contributed by atoms with Crippen molar-refractivity contribution in [3.05, 3.63) is 93.0 Å². The Morgan fingerprint density at radius 1 is 1.07 bits per heavy atom. The van der Waals surface area contributed by atoms with E-state index in [9.17, 15) is 37.7 Å². The fourth-order valence-electron chi connectivity index (χ4n) is 7.40. The summed E-state index contributed by atoms with van der Waals surface area (Å²) in [6, 6.07) is 7.86. The maximum atomic E-state index is 15.4. The minimum absolute atomic E-state index is 0.0251. The highest BCUT2D eigenvalue weighted by atomic mass is 35.5. The number of aromatic nitrogens is 5. The molecule has 5 aromatic rings. The Labute approximate surface area is 326 Å². The summed E-state index contributed by atoms with van der Waals surface area (Å²) in [6.07, 6.45) is -6.53. The van der Waals surface area contributed by atoms with Crippen LogP contribution in [0.1, 0.15) is 79.5 Å². The minimum Gasteiger partial charge on any atom is -0.384 e. The van der Waals surface area contributed by atoms with E-state index in [1.165, 1.54) is 37.6 Å². The van der Waals surface area contributed by atoms with Gasteiger partial charge in [0.15, 0.2) is 5.82 Å². The number of benzene rings is 2. The molecule has 1 unspecified atom stereocenters. The molecule has 2 aromatic carbocycles. The Kier molecular flexibility index (Phi) is 10.4. The topological polar surface area (TPSA) is 150 Å². The van der Waals surface area contributed by atoms with Crippen LogP contribution in [0.25, 0.3) is 22.0 Å². The number of fused-ring (bicyclic) bond motifs is 4.